The highest BCUT2D eigenvalue weighted by Gasteiger charge is 2.23. The summed E-state index contributed by atoms with van der Waals surface area (Å²) < 4.78 is 0. The second kappa shape index (κ2) is 6.09. The molecule has 3 aromatic rings. The lowest BCUT2D eigenvalue weighted by molar-refractivity contribution is 0.208. The van der Waals surface area contributed by atoms with Crippen molar-refractivity contribution in [2.24, 2.45) is 0 Å². The number of nitrogens with zero attached hydrogens (tertiary/aromatic N) is 5. The number of urea groups is 1. The van der Waals surface area contributed by atoms with Crippen molar-refractivity contribution in [3.8, 4) is 0 Å². The lowest BCUT2D eigenvalue weighted by Gasteiger charge is -2.35. The van der Waals surface area contributed by atoms with Gasteiger partial charge in [-0.2, -0.15) is 0 Å². The molecular weight excluding hydrogens is 332 g/mol. The van der Waals surface area contributed by atoms with Crippen molar-refractivity contribution in [2.45, 2.75) is 0 Å². The average molecular weight is 346 g/mol. The number of carbonyl (C=O) groups excluding carboxylic acids is 1. The van der Waals surface area contributed by atoms with Gasteiger partial charge in [0.2, 0.25) is 0 Å². The van der Waals surface area contributed by atoms with Gasteiger partial charge in [0.1, 0.15) is 17.0 Å². The van der Waals surface area contributed by atoms with E-state index in [9.17, 15) is 4.79 Å². The third kappa shape index (κ3) is 2.84. The topological polar surface area (TPSA) is 74.2 Å². The maximum absolute atomic E-state index is 12.2. The fraction of sp³-hybridized carbons (Fsp3) is 0.286. The van der Waals surface area contributed by atoms with Gasteiger partial charge in [-0.3, -0.25) is 5.32 Å². The molecule has 118 valence electrons. The Bertz CT molecular complexity index is 810. The summed E-state index contributed by atoms with van der Waals surface area (Å²) in [5.41, 5.74) is 0. The van der Waals surface area contributed by atoms with Crippen molar-refractivity contribution in [2.75, 3.05) is 36.4 Å². The molecule has 7 nitrogen and oxygen atoms in total. The molecule has 4 rings (SSSR count). The highest BCUT2D eigenvalue weighted by atomic mass is 32.1. The number of nitrogens with one attached hydrogen (secondary N) is 1. The van der Waals surface area contributed by atoms with E-state index in [1.54, 1.807) is 23.9 Å². The third-order valence-corrected chi connectivity index (χ3v) is 5.26. The van der Waals surface area contributed by atoms with Gasteiger partial charge in [0.15, 0.2) is 5.13 Å². The summed E-state index contributed by atoms with van der Waals surface area (Å²) in [5.74, 6) is 0.955. The van der Waals surface area contributed by atoms with Gasteiger partial charge in [0.05, 0.1) is 5.39 Å². The first-order valence-corrected chi connectivity index (χ1v) is 8.96. The Balaban J connectivity index is 1.43. The SMILES string of the molecule is O=C(Nc1nccs1)N1CCN(c2ncnc3sccc23)CC1. The van der Waals surface area contributed by atoms with Crippen LogP contribution in [0.2, 0.25) is 0 Å². The summed E-state index contributed by atoms with van der Waals surface area (Å²) >= 11 is 3.03. The number of hydrogen-bond acceptors (Lipinski definition) is 7. The standard InChI is InChI=1S/C14H14N6OS2/c21-14(18-13-15-2-8-23-13)20-5-3-19(4-6-20)11-10-1-7-22-12(10)17-9-16-11/h1-2,7-9H,3-6H2,(H,15,18,21). The number of carbonyl (C=O) groups is 1. The van der Waals surface area contributed by atoms with Crippen LogP contribution in [-0.4, -0.2) is 52.1 Å². The smallest absolute Gasteiger partial charge is 0.323 e. The summed E-state index contributed by atoms with van der Waals surface area (Å²) in [7, 11) is 0. The van der Waals surface area contributed by atoms with E-state index in [1.807, 2.05) is 15.7 Å². The Kier molecular flexibility index (Phi) is 3.80. The number of hydrogen-bond donors (Lipinski definition) is 1. The minimum absolute atomic E-state index is 0.0945. The van der Waals surface area contributed by atoms with Crippen LogP contribution in [0.15, 0.2) is 29.4 Å². The summed E-state index contributed by atoms with van der Waals surface area (Å²) in [6.07, 6.45) is 3.29. The number of thiophene rings is 1. The van der Waals surface area contributed by atoms with Gasteiger partial charge in [-0.1, -0.05) is 0 Å². The van der Waals surface area contributed by atoms with Crippen molar-refractivity contribution in [1.29, 1.82) is 0 Å². The minimum atomic E-state index is -0.0945. The number of anilines is 2. The number of thiazole rings is 1. The van der Waals surface area contributed by atoms with E-state index >= 15 is 0 Å². The lowest BCUT2D eigenvalue weighted by Crippen LogP contribution is -2.50. The van der Waals surface area contributed by atoms with E-state index in [-0.39, 0.29) is 6.03 Å². The summed E-state index contributed by atoms with van der Waals surface area (Å²) in [6.45, 7) is 2.83. The van der Waals surface area contributed by atoms with Crippen molar-refractivity contribution < 1.29 is 4.79 Å². The fourth-order valence-electron chi connectivity index (χ4n) is 2.61. The quantitative estimate of drug-likeness (QED) is 0.772. The van der Waals surface area contributed by atoms with Gasteiger partial charge in [0, 0.05) is 37.8 Å². The molecule has 0 spiro atoms. The normalized spacial score (nSPS) is 15.1. The zero-order valence-electron chi connectivity index (χ0n) is 12.2. The molecule has 0 radical (unpaired) electrons. The molecule has 3 aromatic heterocycles. The van der Waals surface area contributed by atoms with Crippen LogP contribution >= 0.6 is 22.7 Å². The zero-order valence-corrected chi connectivity index (χ0v) is 13.8. The predicted molar refractivity (Wildman–Crippen MR) is 92.3 cm³/mol. The van der Waals surface area contributed by atoms with E-state index < -0.39 is 0 Å². The molecule has 0 bridgehead atoms. The molecule has 1 fully saturated rings. The Morgan fingerprint density at radius 1 is 1.09 bits per heavy atom. The number of piperazine rings is 1. The van der Waals surface area contributed by atoms with Crippen LogP contribution in [-0.2, 0) is 0 Å². The Morgan fingerprint density at radius 3 is 2.74 bits per heavy atom. The van der Waals surface area contributed by atoms with E-state index in [4.69, 9.17) is 0 Å². The Morgan fingerprint density at radius 2 is 1.96 bits per heavy atom. The second-order valence-corrected chi connectivity index (χ2v) is 6.87. The van der Waals surface area contributed by atoms with Crippen LogP contribution in [0.3, 0.4) is 0 Å². The highest BCUT2D eigenvalue weighted by molar-refractivity contribution is 7.16. The second-order valence-electron chi connectivity index (χ2n) is 5.08. The van der Waals surface area contributed by atoms with Crippen LogP contribution in [0.1, 0.15) is 0 Å². The van der Waals surface area contributed by atoms with Gasteiger partial charge < -0.3 is 9.80 Å². The van der Waals surface area contributed by atoms with Crippen molar-refractivity contribution in [3.63, 3.8) is 0 Å². The molecule has 1 saturated heterocycles. The van der Waals surface area contributed by atoms with Crippen molar-refractivity contribution in [3.05, 3.63) is 29.4 Å². The molecule has 1 aliphatic heterocycles. The van der Waals surface area contributed by atoms with Crippen molar-refractivity contribution >= 4 is 49.9 Å². The molecule has 1 N–H and O–H groups in total. The molecule has 0 aromatic carbocycles. The maximum Gasteiger partial charge on any atom is 0.323 e. The number of fused-ring (bicyclic) bond motifs is 1. The maximum atomic E-state index is 12.2. The lowest BCUT2D eigenvalue weighted by atomic mass is 10.3. The van der Waals surface area contributed by atoms with Gasteiger partial charge >= 0.3 is 6.03 Å². The van der Waals surface area contributed by atoms with E-state index in [0.29, 0.717) is 18.2 Å². The van der Waals surface area contributed by atoms with Crippen LogP contribution in [0.5, 0.6) is 0 Å². The van der Waals surface area contributed by atoms with Crippen molar-refractivity contribution in [1.82, 2.24) is 19.9 Å². The zero-order chi connectivity index (χ0) is 15.6. The Labute approximate surface area is 140 Å². The largest absolute Gasteiger partial charge is 0.352 e. The molecule has 0 aliphatic carbocycles. The summed E-state index contributed by atoms with van der Waals surface area (Å²) in [5, 5.41) is 8.41. The number of amides is 2. The van der Waals surface area contributed by atoms with E-state index in [0.717, 1.165) is 29.1 Å². The van der Waals surface area contributed by atoms with Gasteiger partial charge in [0.25, 0.3) is 0 Å². The first-order chi connectivity index (χ1) is 11.3. The van der Waals surface area contributed by atoms with Crippen LogP contribution in [0.25, 0.3) is 10.2 Å². The molecule has 2 amide bonds. The molecule has 0 unspecified atom stereocenters. The van der Waals surface area contributed by atoms with Gasteiger partial charge in [-0.15, -0.1) is 22.7 Å². The van der Waals surface area contributed by atoms with Gasteiger partial charge in [-0.05, 0) is 11.4 Å². The third-order valence-electron chi connectivity index (χ3n) is 3.75. The molecule has 0 saturated carbocycles. The summed E-state index contributed by atoms with van der Waals surface area (Å²) in [6, 6.07) is 1.96. The first-order valence-electron chi connectivity index (χ1n) is 7.20. The first kappa shape index (κ1) is 14.3. The molecule has 9 heteroatoms. The van der Waals surface area contributed by atoms with Crippen LogP contribution in [0, 0.1) is 0 Å². The molecule has 1 aliphatic rings. The number of rotatable bonds is 2. The van der Waals surface area contributed by atoms with E-state index in [2.05, 4.69) is 31.2 Å². The Hall–Kier alpha value is -2.26. The molecule has 0 atom stereocenters. The molecule has 4 heterocycles. The van der Waals surface area contributed by atoms with Gasteiger partial charge in [-0.25, -0.2) is 19.7 Å². The minimum Gasteiger partial charge on any atom is -0.352 e. The predicted octanol–water partition coefficient (Wildman–Crippen LogP) is 2.50. The fourth-order valence-corrected chi connectivity index (χ4v) is 3.85. The highest BCUT2D eigenvalue weighted by Crippen LogP contribution is 2.27. The monoisotopic (exact) mass is 346 g/mol. The number of aromatic nitrogens is 3. The molecule has 23 heavy (non-hydrogen) atoms. The average Bonchev–Trinajstić information content (AvgIpc) is 3.25. The summed E-state index contributed by atoms with van der Waals surface area (Å²) in [4.78, 5) is 30.0. The van der Waals surface area contributed by atoms with E-state index in [1.165, 1.54) is 11.3 Å². The molecular formula is C14H14N6OS2. The van der Waals surface area contributed by atoms with Crippen LogP contribution in [0.4, 0.5) is 15.7 Å². The van der Waals surface area contributed by atoms with Crippen LogP contribution < -0.4 is 10.2 Å².